The maximum Gasteiger partial charge on any atom is 0.339 e. The highest BCUT2D eigenvalue weighted by molar-refractivity contribution is 7.89. The van der Waals surface area contributed by atoms with E-state index in [0.717, 1.165) is 0 Å². The van der Waals surface area contributed by atoms with Crippen LogP contribution in [0.4, 0.5) is 5.69 Å². The monoisotopic (exact) mass is 452 g/mol. The molecule has 160 valence electrons. The Morgan fingerprint density at radius 3 is 2.43 bits per heavy atom. The summed E-state index contributed by atoms with van der Waals surface area (Å²) in [5.41, 5.74) is 0.768. The number of nitrogens with zero attached hydrogens (tertiary/aromatic N) is 1. The molecule has 0 atom stereocenters. The first kappa shape index (κ1) is 22.2. The molecule has 10 heteroatoms. The predicted molar refractivity (Wildman–Crippen MR) is 111 cm³/mol. The van der Waals surface area contributed by atoms with Crippen molar-refractivity contribution >= 4 is 39.2 Å². The average molecular weight is 453 g/mol. The van der Waals surface area contributed by atoms with Crippen molar-refractivity contribution in [2.45, 2.75) is 11.8 Å². The molecular weight excluding hydrogens is 432 g/mol. The second-order valence-electron chi connectivity index (χ2n) is 6.41. The third-order valence-electron chi connectivity index (χ3n) is 4.44. The van der Waals surface area contributed by atoms with E-state index in [1.54, 1.807) is 13.0 Å². The minimum absolute atomic E-state index is 0.108. The van der Waals surface area contributed by atoms with Gasteiger partial charge in [0.05, 0.1) is 35.3 Å². The van der Waals surface area contributed by atoms with Crippen LogP contribution >= 0.6 is 11.6 Å². The molecule has 0 radical (unpaired) electrons. The lowest BCUT2D eigenvalue weighted by molar-refractivity contribution is 0.0526. The fraction of sp³-hybridized carbons (Fsp3) is 0.300. The molecule has 0 aromatic heterocycles. The van der Waals surface area contributed by atoms with Crippen LogP contribution in [0, 0.1) is 0 Å². The minimum Gasteiger partial charge on any atom is -0.462 e. The van der Waals surface area contributed by atoms with Crippen LogP contribution in [0.1, 0.15) is 27.6 Å². The van der Waals surface area contributed by atoms with Crippen molar-refractivity contribution in [2.75, 3.05) is 38.2 Å². The molecule has 0 saturated carbocycles. The van der Waals surface area contributed by atoms with Crippen LogP contribution in [0.5, 0.6) is 0 Å². The highest BCUT2D eigenvalue weighted by Crippen LogP contribution is 2.23. The van der Waals surface area contributed by atoms with E-state index in [4.69, 9.17) is 21.1 Å². The molecule has 30 heavy (non-hydrogen) atoms. The lowest BCUT2D eigenvalue weighted by Gasteiger charge is -2.26. The molecule has 0 aliphatic carbocycles. The summed E-state index contributed by atoms with van der Waals surface area (Å²) < 4.78 is 36.8. The van der Waals surface area contributed by atoms with E-state index in [-0.39, 0.29) is 27.7 Å². The highest BCUT2D eigenvalue weighted by atomic mass is 35.5. The number of rotatable bonds is 6. The standard InChI is InChI=1S/C20H21ClN2O6S/c1-2-29-20(25)17-13-15(5-8-18(17)21)22-19(24)14-3-6-16(7-4-14)30(26,27)23-9-11-28-12-10-23/h3-8,13H,2,9-12H2,1H3,(H,22,24). The summed E-state index contributed by atoms with van der Waals surface area (Å²) in [6.45, 7) is 3.18. The number of halogens is 1. The quantitative estimate of drug-likeness (QED) is 0.676. The number of anilines is 1. The van der Waals surface area contributed by atoms with E-state index in [0.29, 0.717) is 32.0 Å². The Morgan fingerprint density at radius 1 is 1.13 bits per heavy atom. The van der Waals surface area contributed by atoms with Crippen molar-refractivity contribution in [2.24, 2.45) is 0 Å². The maximum absolute atomic E-state index is 12.7. The van der Waals surface area contributed by atoms with Gasteiger partial charge in [0.25, 0.3) is 5.91 Å². The molecule has 1 amide bonds. The van der Waals surface area contributed by atoms with Gasteiger partial charge in [-0.2, -0.15) is 4.31 Å². The number of carbonyl (C=O) groups excluding carboxylic acids is 2. The number of morpholine rings is 1. The summed E-state index contributed by atoms with van der Waals surface area (Å²) in [6.07, 6.45) is 0. The van der Waals surface area contributed by atoms with E-state index < -0.39 is 21.9 Å². The normalized spacial score (nSPS) is 14.9. The molecule has 1 saturated heterocycles. The molecule has 0 bridgehead atoms. The Hall–Kier alpha value is -2.46. The van der Waals surface area contributed by atoms with Crippen molar-refractivity contribution < 1.29 is 27.5 Å². The van der Waals surface area contributed by atoms with Gasteiger partial charge in [-0.25, -0.2) is 13.2 Å². The zero-order chi connectivity index (χ0) is 21.7. The molecule has 1 fully saturated rings. The van der Waals surface area contributed by atoms with Gasteiger partial charge in [-0.15, -0.1) is 0 Å². The van der Waals surface area contributed by atoms with Crippen molar-refractivity contribution in [1.82, 2.24) is 4.31 Å². The van der Waals surface area contributed by atoms with Gasteiger partial charge in [-0.3, -0.25) is 4.79 Å². The molecule has 0 spiro atoms. The van der Waals surface area contributed by atoms with Crippen LogP contribution in [0.25, 0.3) is 0 Å². The second kappa shape index (κ2) is 9.57. The second-order valence-corrected chi connectivity index (χ2v) is 8.76. The van der Waals surface area contributed by atoms with Crippen molar-refractivity contribution in [3.8, 4) is 0 Å². The van der Waals surface area contributed by atoms with E-state index in [1.165, 1.54) is 40.7 Å². The topological polar surface area (TPSA) is 102 Å². The zero-order valence-corrected chi connectivity index (χ0v) is 17.8. The summed E-state index contributed by atoms with van der Waals surface area (Å²) in [6, 6.07) is 10.1. The molecule has 1 heterocycles. The first-order valence-corrected chi connectivity index (χ1v) is 11.1. The highest BCUT2D eigenvalue weighted by Gasteiger charge is 2.26. The summed E-state index contributed by atoms with van der Waals surface area (Å²) in [5.74, 6) is -1.04. The van der Waals surface area contributed by atoms with Gasteiger partial charge in [0.2, 0.25) is 10.0 Å². The summed E-state index contributed by atoms with van der Waals surface area (Å²) in [4.78, 5) is 24.6. The summed E-state index contributed by atoms with van der Waals surface area (Å²) in [7, 11) is -3.63. The molecule has 3 rings (SSSR count). The van der Waals surface area contributed by atoms with Crippen molar-refractivity contribution in [3.63, 3.8) is 0 Å². The third-order valence-corrected chi connectivity index (χ3v) is 6.69. The molecule has 0 unspecified atom stereocenters. The molecule has 2 aromatic carbocycles. The number of esters is 1. The van der Waals surface area contributed by atoms with Gasteiger partial charge in [0, 0.05) is 24.3 Å². The van der Waals surface area contributed by atoms with Crippen molar-refractivity contribution in [1.29, 1.82) is 0 Å². The number of benzene rings is 2. The van der Waals surface area contributed by atoms with Crippen LogP contribution in [0.2, 0.25) is 5.02 Å². The maximum atomic E-state index is 12.7. The zero-order valence-electron chi connectivity index (χ0n) is 16.3. The largest absolute Gasteiger partial charge is 0.462 e. The lowest BCUT2D eigenvalue weighted by Crippen LogP contribution is -2.40. The van der Waals surface area contributed by atoms with Gasteiger partial charge >= 0.3 is 5.97 Å². The average Bonchev–Trinajstić information content (AvgIpc) is 2.76. The lowest BCUT2D eigenvalue weighted by atomic mass is 10.1. The van der Waals surface area contributed by atoms with Crippen LogP contribution in [0.3, 0.4) is 0 Å². The van der Waals surface area contributed by atoms with Crippen LogP contribution in [0.15, 0.2) is 47.4 Å². The van der Waals surface area contributed by atoms with Gasteiger partial charge in [0.1, 0.15) is 0 Å². The van der Waals surface area contributed by atoms with Crippen LogP contribution in [-0.4, -0.2) is 57.5 Å². The number of hydrogen-bond donors (Lipinski definition) is 1. The number of carbonyl (C=O) groups is 2. The SMILES string of the molecule is CCOC(=O)c1cc(NC(=O)c2ccc(S(=O)(=O)N3CCOCC3)cc2)ccc1Cl. The van der Waals surface area contributed by atoms with E-state index in [9.17, 15) is 18.0 Å². The van der Waals surface area contributed by atoms with Gasteiger partial charge in [-0.05, 0) is 49.4 Å². The molecule has 1 aliphatic heterocycles. The number of sulfonamides is 1. The molecule has 8 nitrogen and oxygen atoms in total. The van der Waals surface area contributed by atoms with Crippen LogP contribution in [-0.2, 0) is 19.5 Å². The third kappa shape index (κ3) is 4.99. The Bertz CT molecular complexity index is 1030. The Morgan fingerprint density at radius 2 is 1.80 bits per heavy atom. The Labute approximate surface area is 179 Å². The molecule has 2 aromatic rings. The fourth-order valence-corrected chi connectivity index (χ4v) is 4.49. The number of nitrogens with one attached hydrogen (secondary N) is 1. The smallest absolute Gasteiger partial charge is 0.339 e. The summed E-state index contributed by atoms with van der Waals surface area (Å²) in [5, 5.41) is 2.87. The fourth-order valence-electron chi connectivity index (χ4n) is 2.89. The van der Waals surface area contributed by atoms with E-state index in [1.807, 2.05) is 0 Å². The Balaban J connectivity index is 1.74. The first-order chi connectivity index (χ1) is 14.3. The molecular formula is C20H21ClN2O6S. The Kier molecular flexibility index (Phi) is 7.09. The summed E-state index contributed by atoms with van der Waals surface area (Å²) >= 11 is 6.02. The van der Waals surface area contributed by atoms with Crippen LogP contribution < -0.4 is 5.32 Å². The van der Waals surface area contributed by atoms with Gasteiger partial charge in [-0.1, -0.05) is 11.6 Å². The van der Waals surface area contributed by atoms with Gasteiger partial charge < -0.3 is 14.8 Å². The minimum atomic E-state index is -3.63. The van der Waals surface area contributed by atoms with Crippen molar-refractivity contribution in [3.05, 3.63) is 58.6 Å². The molecule has 1 aliphatic rings. The van der Waals surface area contributed by atoms with E-state index >= 15 is 0 Å². The first-order valence-electron chi connectivity index (χ1n) is 9.29. The number of ether oxygens (including phenoxy) is 2. The number of hydrogen-bond acceptors (Lipinski definition) is 6. The number of amides is 1. The predicted octanol–water partition coefficient (Wildman–Crippen LogP) is 2.79. The van der Waals surface area contributed by atoms with E-state index in [2.05, 4.69) is 5.32 Å². The van der Waals surface area contributed by atoms with Gasteiger partial charge in [0.15, 0.2) is 0 Å². The molecule has 1 N–H and O–H groups in total.